The van der Waals surface area contributed by atoms with Gasteiger partial charge in [0.1, 0.15) is 5.75 Å². The summed E-state index contributed by atoms with van der Waals surface area (Å²) in [5.41, 5.74) is 2.70. The van der Waals surface area contributed by atoms with Gasteiger partial charge in [-0.15, -0.1) is 0 Å². The summed E-state index contributed by atoms with van der Waals surface area (Å²) in [6.45, 7) is 0.480. The van der Waals surface area contributed by atoms with E-state index in [1.807, 2.05) is 12.1 Å². The summed E-state index contributed by atoms with van der Waals surface area (Å²) >= 11 is 0. The molecule has 0 aliphatic carbocycles. The van der Waals surface area contributed by atoms with Gasteiger partial charge in [0, 0.05) is 29.8 Å². The lowest BCUT2D eigenvalue weighted by Gasteiger charge is -2.22. The summed E-state index contributed by atoms with van der Waals surface area (Å²) in [6, 6.07) is 20.9. The van der Waals surface area contributed by atoms with Gasteiger partial charge in [-0.3, -0.25) is 14.4 Å². The van der Waals surface area contributed by atoms with Crippen molar-refractivity contribution >= 4 is 29.0 Å². The molecule has 3 aromatic carbocycles. The molecule has 0 unspecified atom stereocenters. The number of fused-ring (bicyclic) bond motifs is 1. The average molecular weight is 414 g/mol. The number of carbonyl (C=O) groups excluding carboxylic acids is 3. The maximum Gasteiger partial charge on any atom is 0.259 e. The van der Waals surface area contributed by atoms with Crippen LogP contribution in [-0.2, 0) is 0 Å². The molecule has 0 saturated heterocycles. The highest BCUT2D eigenvalue weighted by Crippen LogP contribution is 2.28. The molecule has 6 heteroatoms. The number of hydrogen-bond acceptors (Lipinski definition) is 4. The fourth-order valence-electron chi connectivity index (χ4n) is 3.69. The van der Waals surface area contributed by atoms with E-state index in [1.165, 1.54) is 7.11 Å². The largest absolute Gasteiger partial charge is 0.496 e. The predicted octanol–water partition coefficient (Wildman–Crippen LogP) is 4.57. The van der Waals surface area contributed by atoms with Crippen LogP contribution in [-0.4, -0.2) is 31.3 Å². The monoisotopic (exact) mass is 414 g/mol. The number of anilines is 2. The average Bonchev–Trinajstić information content (AvgIpc) is 2.98. The Labute approximate surface area is 180 Å². The summed E-state index contributed by atoms with van der Waals surface area (Å²) in [5.74, 6) is 0.0720. The van der Waals surface area contributed by atoms with Gasteiger partial charge in [0.2, 0.25) is 0 Å². The maximum atomic E-state index is 13.2. The molecule has 1 heterocycles. The Bertz CT molecular complexity index is 1140. The van der Waals surface area contributed by atoms with Gasteiger partial charge < -0.3 is 15.0 Å². The standard InChI is InChI=1S/C25H22N2O4/c1-31-23-11-5-3-8-20(23)24(29)26-18-14-12-17(13-15-18)25(30)27-16-6-10-22(28)19-7-2-4-9-21(19)27/h2-5,7-9,11-15H,6,10,16H2,1H3,(H,26,29). The van der Waals surface area contributed by atoms with Gasteiger partial charge in [0.05, 0.1) is 18.4 Å². The Morgan fingerprint density at radius 3 is 2.42 bits per heavy atom. The van der Waals surface area contributed by atoms with E-state index < -0.39 is 0 Å². The number of rotatable bonds is 4. The van der Waals surface area contributed by atoms with Gasteiger partial charge in [0.15, 0.2) is 5.78 Å². The second-order valence-electron chi connectivity index (χ2n) is 7.23. The minimum Gasteiger partial charge on any atom is -0.496 e. The third-order valence-electron chi connectivity index (χ3n) is 5.27. The van der Waals surface area contributed by atoms with Crippen LogP contribution in [0.2, 0.25) is 0 Å². The molecule has 0 fully saturated rings. The number of ether oxygens (including phenoxy) is 1. The van der Waals surface area contributed by atoms with E-state index in [4.69, 9.17) is 4.74 Å². The molecule has 1 aliphatic rings. The van der Waals surface area contributed by atoms with Gasteiger partial charge >= 0.3 is 0 Å². The van der Waals surface area contributed by atoms with Crippen molar-refractivity contribution in [3.8, 4) is 5.75 Å². The van der Waals surface area contributed by atoms with Gasteiger partial charge in [0.25, 0.3) is 11.8 Å². The van der Waals surface area contributed by atoms with Crippen molar-refractivity contribution in [2.24, 2.45) is 0 Å². The van der Waals surface area contributed by atoms with Crippen LogP contribution in [0.15, 0.2) is 72.8 Å². The number of nitrogens with zero attached hydrogens (tertiary/aromatic N) is 1. The predicted molar refractivity (Wildman–Crippen MR) is 119 cm³/mol. The molecule has 0 atom stereocenters. The fourth-order valence-corrected chi connectivity index (χ4v) is 3.69. The lowest BCUT2D eigenvalue weighted by atomic mass is 10.1. The Morgan fingerprint density at radius 1 is 0.935 bits per heavy atom. The molecule has 4 rings (SSSR count). The summed E-state index contributed by atoms with van der Waals surface area (Å²) < 4.78 is 5.23. The minimum atomic E-state index is -0.295. The second kappa shape index (κ2) is 8.83. The van der Waals surface area contributed by atoms with E-state index in [-0.39, 0.29) is 17.6 Å². The van der Waals surface area contributed by atoms with Crippen molar-refractivity contribution in [2.45, 2.75) is 12.8 Å². The Morgan fingerprint density at radius 2 is 1.65 bits per heavy atom. The number of ketones is 1. The molecule has 31 heavy (non-hydrogen) atoms. The van der Waals surface area contributed by atoms with Gasteiger partial charge in [-0.05, 0) is 55.0 Å². The third kappa shape index (κ3) is 4.19. The molecule has 1 aliphatic heterocycles. The van der Waals surface area contributed by atoms with Crippen molar-refractivity contribution < 1.29 is 19.1 Å². The first-order chi connectivity index (χ1) is 15.1. The molecule has 0 spiro atoms. The second-order valence-corrected chi connectivity index (χ2v) is 7.23. The van der Waals surface area contributed by atoms with Crippen LogP contribution in [0, 0.1) is 0 Å². The highest BCUT2D eigenvalue weighted by Gasteiger charge is 2.25. The quantitative estimate of drug-likeness (QED) is 0.679. The number of amides is 2. The fraction of sp³-hybridized carbons (Fsp3) is 0.160. The molecule has 156 valence electrons. The molecular weight excluding hydrogens is 392 g/mol. The van der Waals surface area contributed by atoms with Crippen molar-refractivity contribution in [3.63, 3.8) is 0 Å². The smallest absolute Gasteiger partial charge is 0.259 e. The Balaban J connectivity index is 1.53. The molecular formula is C25H22N2O4. The number of carbonyl (C=O) groups is 3. The molecule has 6 nitrogen and oxygen atoms in total. The number of para-hydroxylation sites is 2. The SMILES string of the molecule is COc1ccccc1C(=O)Nc1ccc(C(=O)N2CCCC(=O)c3ccccc32)cc1. The Kier molecular flexibility index (Phi) is 5.80. The highest BCUT2D eigenvalue weighted by atomic mass is 16.5. The molecule has 0 radical (unpaired) electrons. The number of Topliss-reactive ketones (excluding diaryl/α,β-unsaturated/α-hetero) is 1. The van der Waals surface area contributed by atoms with Crippen LogP contribution >= 0.6 is 0 Å². The topological polar surface area (TPSA) is 75.7 Å². The van der Waals surface area contributed by atoms with E-state index in [0.29, 0.717) is 53.2 Å². The minimum absolute atomic E-state index is 0.0558. The van der Waals surface area contributed by atoms with E-state index in [0.717, 1.165) is 0 Å². The number of hydrogen-bond donors (Lipinski definition) is 1. The van der Waals surface area contributed by atoms with Crippen LogP contribution < -0.4 is 15.0 Å². The van der Waals surface area contributed by atoms with Crippen LogP contribution in [0.3, 0.4) is 0 Å². The lowest BCUT2D eigenvalue weighted by Crippen LogP contribution is -2.31. The normalized spacial score (nSPS) is 13.2. The number of nitrogens with one attached hydrogen (secondary N) is 1. The summed E-state index contributed by atoms with van der Waals surface area (Å²) in [4.78, 5) is 39.7. The molecule has 0 aromatic heterocycles. The number of methoxy groups -OCH3 is 1. The van der Waals surface area contributed by atoms with Crippen molar-refractivity contribution in [1.29, 1.82) is 0 Å². The van der Waals surface area contributed by atoms with Gasteiger partial charge in [-0.25, -0.2) is 0 Å². The van der Waals surface area contributed by atoms with Gasteiger partial charge in [-0.1, -0.05) is 24.3 Å². The van der Waals surface area contributed by atoms with E-state index >= 15 is 0 Å². The maximum absolute atomic E-state index is 13.2. The molecule has 1 N–H and O–H groups in total. The first kappa shape index (κ1) is 20.3. The molecule has 3 aromatic rings. The number of benzene rings is 3. The van der Waals surface area contributed by atoms with Crippen molar-refractivity contribution in [2.75, 3.05) is 23.9 Å². The van der Waals surface area contributed by atoms with Crippen molar-refractivity contribution in [1.82, 2.24) is 0 Å². The van der Waals surface area contributed by atoms with E-state index in [9.17, 15) is 14.4 Å². The summed E-state index contributed by atoms with van der Waals surface area (Å²) in [7, 11) is 1.51. The van der Waals surface area contributed by atoms with Crippen LogP contribution in [0.5, 0.6) is 5.75 Å². The summed E-state index contributed by atoms with van der Waals surface area (Å²) in [6.07, 6.45) is 1.04. The zero-order valence-electron chi connectivity index (χ0n) is 17.1. The van der Waals surface area contributed by atoms with Crippen LogP contribution in [0.25, 0.3) is 0 Å². The zero-order chi connectivity index (χ0) is 21.8. The van der Waals surface area contributed by atoms with Crippen LogP contribution in [0.1, 0.15) is 43.9 Å². The molecule has 2 amide bonds. The van der Waals surface area contributed by atoms with Crippen LogP contribution in [0.4, 0.5) is 11.4 Å². The zero-order valence-corrected chi connectivity index (χ0v) is 17.1. The van der Waals surface area contributed by atoms with Crippen molar-refractivity contribution in [3.05, 3.63) is 89.5 Å². The first-order valence-corrected chi connectivity index (χ1v) is 10.1. The lowest BCUT2D eigenvalue weighted by molar-refractivity contribution is 0.0973. The van der Waals surface area contributed by atoms with E-state index in [2.05, 4.69) is 5.32 Å². The highest BCUT2D eigenvalue weighted by molar-refractivity contribution is 6.12. The van der Waals surface area contributed by atoms with Gasteiger partial charge in [-0.2, -0.15) is 0 Å². The summed E-state index contributed by atoms with van der Waals surface area (Å²) in [5, 5.41) is 2.82. The first-order valence-electron chi connectivity index (χ1n) is 10.1. The molecule has 0 saturated carbocycles. The molecule has 0 bridgehead atoms. The third-order valence-corrected chi connectivity index (χ3v) is 5.27. The Hall–Kier alpha value is -3.93. The van der Waals surface area contributed by atoms with E-state index in [1.54, 1.807) is 65.6 Å².